The Balaban J connectivity index is 1.78. The van der Waals surface area contributed by atoms with E-state index in [1.165, 1.54) is 6.07 Å². The van der Waals surface area contributed by atoms with Gasteiger partial charge in [0, 0.05) is 6.07 Å². The molecule has 0 spiro atoms. The minimum Gasteiger partial charge on any atom is -0.319 e. The molecule has 0 amide bonds. The summed E-state index contributed by atoms with van der Waals surface area (Å²) in [6, 6.07) is 14.0. The van der Waals surface area contributed by atoms with Crippen molar-refractivity contribution in [1.82, 2.24) is 19.6 Å². The maximum absolute atomic E-state index is 11.0. The number of anilines is 2. The Morgan fingerprint density at radius 2 is 1.86 bits per heavy atom. The van der Waals surface area contributed by atoms with Crippen LogP contribution in [0.5, 0.6) is 0 Å². The van der Waals surface area contributed by atoms with Crippen LogP contribution in [0.1, 0.15) is 0 Å². The number of hydrogen-bond donors (Lipinski definition) is 2. The lowest BCUT2D eigenvalue weighted by atomic mass is 10.3. The van der Waals surface area contributed by atoms with E-state index in [9.17, 15) is 10.1 Å². The molecule has 0 atom stereocenters. The predicted octanol–water partition coefficient (Wildman–Crippen LogP) is 2.86. The summed E-state index contributed by atoms with van der Waals surface area (Å²) in [5, 5.41) is 17.0. The lowest BCUT2D eigenvalue weighted by Gasteiger charge is -2.02. The van der Waals surface area contributed by atoms with E-state index in [2.05, 4.69) is 20.4 Å². The fourth-order valence-corrected chi connectivity index (χ4v) is 2.35. The van der Waals surface area contributed by atoms with Gasteiger partial charge >= 0.3 is 0 Å². The molecule has 8 heteroatoms. The number of H-pyrrole nitrogens is 1. The quantitative estimate of drug-likeness (QED) is 0.447. The minimum atomic E-state index is -0.439. The van der Waals surface area contributed by atoms with E-state index in [4.69, 9.17) is 0 Å². The number of hydrogen-bond acceptors (Lipinski definition) is 5. The smallest absolute Gasteiger partial charge is 0.292 e. The van der Waals surface area contributed by atoms with Gasteiger partial charge in [0.05, 0.1) is 16.0 Å². The lowest BCUT2D eigenvalue weighted by Crippen LogP contribution is -1.98. The van der Waals surface area contributed by atoms with E-state index in [0.29, 0.717) is 17.4 Å². The van der Waals surface area contributed by atoms with Gasteiger partial charge in [0.1, 0.15) is 5.69 Å². The number of fused-ring (bicyclic) bond motifs is 3. The van der Waals surface area contributed by atoms with E-state index in [-0.39, 0.29) is 5.69 Å². The zero-order valence-electron chi connectivity index (χ0n) is 11.2. The molecule has 0 aliphatic rings. The zero-order valence-corrected chi connectivity index (χ0v) is 11.2. The Morgan fingerprint density at radius 1 is 1.09 bits per heavy atom. The van der Waals surface area contributed by atoms with E-state index in [0.717, 1.165) is 11.0 Å². The van der Waals surface area contributed by atoms with Gasteiger partial charge in [0.25, 0.3) is 11.5 Å². The average molecular weight is 294 g/mol. The Morgan fingerprint density at radius 3 is 2.73 bits per heavy atom. The maximum Gasteiger partial charge on any atom is 0.292 e. The van der Waals surface area contributed by atoms with Crippen LogP contribution in [-0.4, -0.2) is 24.5 Å². The summed E-state index contributed by atoms with van der Waals surface area (Å²) < 4.78 is 1.73. The molecule has 0 bridgehead atoms. The fourth-order valence-electron chi connectivity index (χ4n) is 2.35. The summed E-state index contributed by atoms with van der Waals surface area (Å²) in [4.78, 5) is 19.3. The zero-order chi connectivity index (χ0) is 15.1. The van der Waals surface area contributed by atoms with Gasteiger partial charge in [0.15, 0.2) is 0 Å². The van der Waals surface area contributed by atoms with Gasteiger partial charge in [-0.1, -0.05) is 24.3 Å². The molecule has 108 valence electrons. The highest BCUT2D eigenvalue weighted by molar-refractivity contribution is 5.79. The molecule has 2 heterocycles. The van der Waals surface area contributed by atoms with Crippen LogP contribution in [0.15, 0.2) is 48.5 Å². The number of aromatic amines is 1. The van der Waals surface area contributed by atoms with Crippen LogP contribution in [0, 0.1) is 10.1 Å². The largest absolute Gasteiger partial charge is 0.319 e. The van der Waals surface area contributed by atoms with Crippen LogP contribution in [0.2, 0.25) is 0 Å². The fraction of sp³-hybridized carbons (Fsp3) is 0. The summed E-state index contributed by atoms with van der Waals surface area (Å²) in [5.74, 6) is 0.893. The molecule has 0 aliphatic carbocycles. The number of nitrogens with zero attached hydrogens (tertiary/aromatic N) is 4. The van der Waals surface area contributed by atoms with E-state index in [1.807, 2.05) is 24.3 Å². The van der Waals surface area contributed by atoms with Crippen molar-refractivity contribution < 1.29 is 4.92 Å². The molecular formula is C14H10N6O2. The van der Waals surface area contributed by atoms with Gasteiger partial charge in [-0.2, -0.15) is 4.98 Å². The molecule has 0 fully saturated rings. The molecule has 2 aromatic heterocycles. The molecule has 4 rings (SSSR count). The number of imidazole rings is 1. The molecule has 4 aromatic rings. The molecular weight excluding hydrogens is 284 g/mol. The Hall–Kier alpha value is -3.42. The Bertz CT molecular complexity index is 1000. The van der Waals surface area contributed by atoms with Crippen LogP contribution in [0.4, 0.5) is 17.3 Å². The van der Waals surface area contributed by atoms with Crippen LogP contribution >= 0.6 is 0 Å². The highest BCUT2D eigenvalue weighted by Gasteiger charge is 2.15. The van der Waals surface area contributed by atoms with Gasteiger partial charge in [-0.05, 0) is 18.2 Å². The molecule has 2 aromatic carbocycles. The predicted molar refractivity (Wildman–Crippen MR) is 81.2 cm³/mol. The standard InChI is InChI=1S/C14H10N6O2/c21-20(22)12-8-4-2-6-10(12)15-13-17-14-16-9-5-1-3-7-11(9)19(14)18-13/h1-8H,(H2,15,16,17,18). The van der Waals surface area contributed by atoms with Gasteiger partial charge < -0.3 is 5.32 Å². The normalized spacial score (nSPS) is 11.1. The van der Waals surface area contributed by atoms with Crippen LogP contribution < -0.4 is 5.32 Å². The van der Waals surface area contributed by atoms with Crippen molar-refractivity contribution >= 4 is 34.1 Å². The first-order chi connectivity index (χ1) is 10.7. The third kappa shape index (κ3) is 1.85. The Kier molecular flexibility index (Phi) is 2.55. The molecule has 0 unspecified atom stereocenters. The summed E-state index contributed by atoms with van der Waals surface area (Å²) in [6.45, 7) is 0. The van der Waals surface area contributed by atoms with Crippen molar-refractivity contribution in [2.75, 3.05) is 5.32 Å². The summed E-state index contributed by atoms with van der Waals surface area (Å²) >= 11 is 0. The summed E-state index contributed by atoms with van der Waals surface area (Å²) in [6.07, 6.45) is 0. The number of benzene rings is 2. The van der Waals surface area contributed by atoms with Gasteiger partial charge in [-0.15, -0.1) is 0 Å². The molecule has 2 N–H and O–H groups in total. The van der Waals surface area contributed by atoms with Crippen LogP contribution in [0.25, 0.3) is 16.8 Å². The maximum atomic E-state index is 11.0. The van der Waals surface area contributed by atoms with Gasteiger partial charge in [-0.25, -0.2) is 9.50 Å². The van der Waals surface area contributed by atoms with Crippen molar-refractivity contribution in [3.63, 3.8) is 0 Å². The van der Waals surface area contributed by atoms with E-state index >= 15 is 0 Å². The first kappa shape index (κ1) is 12.3. The molecule has 0 radical (unpaired) electrons. The average Bonchev–Trinajstić information content (AvgIpc) is 3.04. The van der Waals surface area contributed by atoms with Crippen LogP contribution in [-0.2, 0) is 0 Å². The van der Waals surface area contributed by atoms with Crippen molar-refractivity contribution in [3.05, 3.63) is 58.6 Å². The van der Waals surface area contributed by atoms with Crippen LogP contribution in [0.3, 0.4) is 0 Å². The van der Waals surface area contributed by atoms with E-state index in [1.54, 1.807) is 22.7 Å². The molecule has 22 heavy (non-hydrogen) atoms. The second-order valence-corrected chi connectivity index (χ2v) is 4.71. The topological polar surface area (TPSA) is 101 Å². The lowest BCUT2D eigenvalue weighted by molar-refractivity contribution is -0.383. The number of aromatic nitrogens is 4. The van der Waals surface area contributed by atoms with Crippen molar-refractivity contribution in [1.29, 1.82) is 0 Å². The third-order valence-corrected chi connectivity index (χ3v) is 3.33. The number of nitro benzene ring substituents is 1. The number of nitrogens with one attached hydrogen (secondary N) is 2. The van der Waals surface area contributed by atoms with E-state index < -0.39 is 4.92 Å². The van der Waals surface area contributed by atoms with Crippen molar-refractivity contribution in [2.24, 2.45) is 0 Å². The Labute approximate surface area is 123 Å². The van der Waals surface area contributed by atoms with Gasteiger partial charge in [0.2, 0.25) is 5.95 Å². The van der Waals surface area contributed by atoms with Gasteiger partial charge in [-0.3, -0.25) is 15.2 Å². The number of nitro groups is 1. The molecule has 8 nitrogen and oxygen atoms in total. The second kappa shape index (κ2) is 4.55. The molecule has 0 saturated carbocycles. The third-order valence-electron chi connectivity index (χ3n) is 3.33. The summed E-state index contributed by atoms with van der Waals surface area (Å²) in [7, 11) is 0. The first-order valence-electron chi connectivity index (χ1n) is 6.56. The molecule has 0 saturated heterocycles. The number of rotatable bonds is 3. The minimum absolute atomic E-state index is 0.0126. The highest BCUT2D eigenvalue weighted by atomic mass is 16.6. The van der Waals surface area contributed by atoms with Crippen molar-refractivity contribution in [2.45, 2.75) is 0 Å². The van der Waals surface area contributed by atoms with Crippen molar-refractivity contribution in [3.8, 4) is 0 Å². The SMILES string of the molecule is O=[N+]([O-])c1ccccc1Nc1nc2nc3ccccc3n2[nH]1. The molecule has 0 aliphatic heterocycles. The first-order valence-corrected chi connectivity index (χ1v) is 6.56. The number of para-hydroxylation sites is 4. The monoisotopic (exact) mass is 294 g/mol. The second-order valence-electron chi connectivity index (χ2n) is 4.71. The highest BCUT2D eigenvalue weighted by Crippen LogP contribution is 2.26. The summed E-state index contributed by atoms with van der Waals surface area (Å²) in [5.41, 5.74) is 2.08.